The Kier molecular flexibility index (Phi) is 4.55. The average molecular weight is 424 g/mol. The summed E-state index contributed by atoms with van der Waals surface area (Å²) in [5, 5.41) is 11.1. The highest BCUT2D eigenvalue weighted by molar-refractivity contribution is 6.30. The summed E-state index contributed by atoms with van der Waals surface area (Å²) < 4.78 is 13.1. The van der Waals surface area contributed by atoms with Crippen LogP contribution in [0.25, 0.3) is 0 Å². The van der Waals surface area contributed by atoms with Gasteiger partial charge in [0.15, 0.2) is 11.5 Å². The Hall–Kier alpha value is -3.52. The van der Waals surface area contributed by atoms with E-state index in [1.807, 2.05) is 25.1 Å². The second kappa shape index (κ2) is 7.38. The van der Waals surface area contributed by atoms with Crippen molar-refractivity contribution in [3.63, 3.8) is 0 Å². The molecule has 0 spiro atoms. The van der Waals surface area contributed by atoms with Crippen molar-refractivity contribution in [1.29, 1.82) is 0 Å². The number of amides is 1. The van der Waals surface area contributed by atoms with Gasteiger partial charge < -0.3 is 20.1 Å². The monoisotopic (exact) mass is 423 g/mol. The van der Waals surface area contributed by atoms with Gasteiger partial charge in [-0.2, -0.15) is 10.1 Å². The standard InChI is InChI=1S/C21H18ClN5O3/c1-12-18(20(28)26-15-5-3-14(22)4-6-15)19(27-21(25-12)23-11-24-27)13-2-7-16-17(10-13)30-9-8-29-16/h2-7,10-11,19H,8-9H2,1H3,(H,26,28)(H,23,24,25). The van der Waals surface area contributed by atoms with Crippen molar-refractivity contribution in [3.8, 4) is 11.5 Å². The lowest BCUT2D eigenvalue weighted by atomic mass is 9.94. The fourth-order valence-corrected chi connectivity index (χ4v) is 3.78. The first kappa shape index (κ1) is 18.5. The maximum atomic E-state index is 13.3. The molecule has 2 aliphatic heterocycles. The summed E-state index contributed by atoms with van der Waals surface area (Å²) in [6.07, 6.45) is 1.46. The summed E-state index contributed by atoms with van der Waals surface area (Å²) in [6.45, 7) is 2.84. The predicted molar refractivity (Wildman–Crippen MR) is 112 cm³/mol. The molecule has 1 atom stereocenters. The number of nitrogens with zero attached hydrogens (tertiary/aromatic N) is 3. The Morgan fingerprint density at radius 3 is 2.73 bits per heavy atom. The summed E-state index contributed by atoms with van der Waals surface area (Å²) in [5.74, 6) is 1.65. The molecule has 0 aliphatic carbocycles. The number of carbonyl (C=O) groups is 1. The molecule has 0 bridgehead atoms. The van der Waals surface area contributed by atoms with Crippen molar-refractivity contribution in [3.05, 3.63) is 70.6 Å². The SMILES string of the molecule is CC1=C(C(=O)Nc2ccc(Cl)cc2)C(c2ccc3c(c2)OCCO3)n2ncnc2N1. The fraction of sp³-hybridized carbons (Fsp3) is 0.190. The van der Waals surface area contributed by atoms with Crippen molar-refractivity contribution in [2.24, 2.45) is 0 Å². The number of ether oxygens (including phenoxy) is 2. The van der Waals surface area contributed by atoms with E-state index in [9.17, 15) is 4.79 Å². The van der Waals surface area contributed by atoms with E-state index in [4.69, 9.17) is 21.1 Å². The predicted octanol–water partition coefficient (Wildman–Crippen LogP) is 3.63. The fourth-order valence-electron chi connectivity index (χ4n) is 3.65. The van der Waals surface area contributed by atoms with Crippen LogP contribution in [-0.2, 0) is 4.79 Å². The van der Waals surface area contributed by atoms with E-state index in [0.29, 0.717) is 52.6 Å². The first-order valence-electron chi connectivity index (χ1n) is 9.44. The normalized spacial score (nSPS) is 17.2. The molecule has 0 saturated heterocycles. The van der Waals surface area contributed by atoms with Gasteiger partial charge in [-0.3, -0.25) is 4.79 Å². The van der Waals surface area contributed by atoms with Gasteiger partial charge in [0, 0.05) is 16.4 Å². The van der Waals surface area contributed by atoms with E-state index in [0.717, 1.165) is 5.56 Å². The van der Waals surface area contributed by atoms with E-state index in [2.05, 4.69) is 20.7 Å². The summed E-state index contributed by atoms with van der Waals surface area (Å²) in [6, 6.07) is 12.1. The Morgan fingerprint density at radius 2 is 1.93 bits per heavy atom. The van der Waals surface area contributed by atoms with E-state index >= 15 is 0 Å². The van der Waals surface area contributed by atoms with E-state index in [1.54, 1.807) is 28.9 Å². The van der Waals surface area contributed by atoms with Crippen molar-refractivity contribution in [2.45, 2.75) is 13.0 Å². The molecular formula is C21H18ClN5O3. The molecule has 9 heteroatoms. The molecule has 2 N–H and O–H groups in total. The first-order chi connectivity index (χ1) is 14.6. The lowest BCUT2D eigenvalue weighted by molar-refractivity contribution is -0.113. The van der Waals surface area contributed by atoms with Crippen LogP contribution in [0, 0.1) is 0 Å². The molecule has 2 aromatic carbocycles. The maximum Gasteiger partial charge on any atom is 0.255 e. The second-order valence-corrected chi connectivity index (χ2v) is 7.39. The van der Waals surface area contributed by atoms with Crippen LogP contribution in [0.1, 0.15) is 18.5 Å². The van der Waals surface area contributed by atoms with Gasteiger partial charge in [0.1, 0.15) is 25.6 Å². The zero-order valence-electron chi connectivity index (χ0n) is 16.1. The number of halogens is 1. The Bertz CT molecular complexity index is 1160. The van der Waals surface area contributed by atoms with Gasteiger partial charge in [-0.05, 0) is 48.9 Å². The number of hydrogen-bond acceptors (Lipinski definition) is 6. The van der Waals surface area contributed by atoms with Gasteiger partial charge in [-0.15, -0.1) is 0 Å². The number of allylic oxidation sites excluding steroid dienone is 1. The van der Waals surface area contributed by atoms with Gasteiger partial charge in [-0.25, -0.2) is 4.68 Å². The first-order valence-corrected chi connectivity index (χ1v) is 9.82. The molecular weight excluding hydrogens is 406 g/mol. The van der Waals surface area contributed by atoms with Crippen molar-refractivity contribution < 1.29 is 14.3 Å². The van der Waals surface area contributed by atoms with Gasteiger partial charge in [-0.1, -0.05) is 17.7 Å². The zero-order chi connectivity index (χ0) is 20.7. The van der Waals surface area contributed by atoms with Crippen LogP contribution in [0.2, 0.25) is 5.02 Å². The van der Waals surface area contributed by atoms with E-state index in [-0.39, 0.29) is 5.91 Å². The molecule has 8 nitrogen and oxygen atoms in total. The number of fused-ring (bicyclic) bond motifs is 2. The van der Waals surface area contributed by atoms with Crippen LogP contribution in [0.15, 0.2) is 60.1 Å². The summed E-state index contributed by atoms with van der Waals surface area (Å²) in [7, 11) is 0. The van der Waals surface area contributed by atoms with Crippen LogP contribution in [0.5, 0.6) is 11.5 Å². The van der Waals surface area contributed by atoms with Crippen LogP contribution in [-0.4, -0.2) is 33.9 Å². The van der Waals surface area contributed by atoms with E-state index in [1.165, 1.54) is 6.33 Å². The minimum absolute atomic E-state index is 0.247. The largest absolute Gasteiger partial charge is 0.486 e. The molecule has 0 fully saturated rings. The number of hydrogen-bond donors (Lipinski definition) is 2. The van der Waals surface area contributed by atoms with Crippen molar-refractivity contribution in [2.75, 3.05) is 23.8 Å². The van der Waals surface area contributed by atoms with Gasteiger partial charge in [0.25, 0.3) is 5.91 Å². The zero-order valence-corrected chi connectivity index (χ0v) is 16.8. The van der Waals surface area contributed by atoms with Crippen LogP contribution in [0.4, 0.5) is 11.6 Å². The van der Waals surface area contributed by atoms with Gasteiger partial charge in [0.05, 0.1) is 5.57 Å². The Morgan fingerprint density at radius 1 is 1.17 bits per heavy atom. The van der Waals surface area contributed by atoms with Crippen molar-refractivity contribution in [1.82, 2.24) is 14.8 Å². The van der Waals surface area contributed by atoms with Crippen LogP contribution >= 0.6 is 11.6 Å². The maximum absolute atomic E-state index is 13.3. The highest BCUT2D eigenvalue weighted by atomic mass is 35.5. The highest BCUT2D eigenvalue weighted by Gasteiger charge is 2.34. The molecule has 3 heterocycles. The number of carbonyl (C=O) groups excluding carboxylic acids is 1. The molecule has 1 amide bonds. The topological polar surface area (TPSA) is 90.3 Å². The quantitative estimate of drug-likeness (QED) is 0.668. The van der Waals surface area contributed by atoms with Crippen LogP contribution in [0.3, 0.4) is 0 Å². The number of nitrogens with one attached hydrogen (secondary N) is 2. The molecule has 2 aliphatic rings. The third-order valence-electron chi connectivity index (χ3n) is 5.02. The Labute approximate surface area is 177 Å². The molecule has 30 heavy (non-hydrogen) atoms. The summed E-state index contributed by atoms with van der Waals surface area (Å²) >= 11 is 5.95. The highest BCUT2D eigenvalue weighted by Crippen LogP contribution is 2.39. The summed E-state index contributed by atoms with van der Waals surface area (Å²) in [4.78, 5) is 17.6. The smallest absolute Gasteiger partial charge is 0.255 e. The number of benzene rings is 2. The molecule has 5 rings (SSSR count). The minimum atomic E-state index is -0.480. The third kappa shape index (κ3) is 3.25. The molecule has 0 saturated carbocycles. The lowest BCUT2D eigenvalue weighted by Gasteiger charge is -2.29. The van der Waals surface area contributed by atoms with Crippen LogP contribution < -0.4 is 20.1 Å². The molecule has 0 radical (unpaired) electrons. The molecule has 3 aromatic rings. The van der Waals surface area contributed by atoms with E-state index < -0.39 is 6.04 Å². The molecule has 1 unspecified atom stereocenters. The van der Waals surface area contributed by atoms with Gasteiger partial charge >= 0.3 is 0 Å². The average Bonchev–Trinajstić information content (AvgIpc) is 3.22. The van der Waals surface area contributed by atoms with Crippen molar-refractivity contribution >= 4 is 29.1 Å². The minimum Gasteiger partial charge on any atom is -0.486 e. The number of aromatic nitrogens is 3. The molecule has 152 valence electrons. The second-order valence-electron chi connectivity index (χ2n) is 6.96. The third-order valence-corrected chi connectivity index (χ3v) is 5.28. The Balaban J connectivity index is 1.55. The lowest BCUT2D eigenvalue weighted by Crippen LogP contribution is -2.31. The van der Waals surface area contributed by atoms with Gasteiger partial charge in [0.2, 0.25) is 5.95 Å². The molecule has 1 aromatic heterocycles. The number of rotatable bonds is 3. The summed E-state index contributed by atoms with van der Waals surface area (Å²) in [5.41, 5.74) is 2.71. The number of anilines is 2.